The maximum absolute atomic E-state index is 13.1. The number of hydrogen-bond acceptors (Lipinski definition) is 4. The van der Waals surface area contributed by atoms with E-state index in [2.05, 4.69) is 6.92 Å². The van der Waals surface area contributed by atoms with Crippen LogP contribution in [0.25, 0.3) is 0 Å². The van der Waals surface area contributed by atoms with E-state index in [0.29, 0.717) is 21.3 Å². The number of benzene rings is 2. The highest BCUT2D eigenvalue weighted by molar-refractivity contribution is 7.00. The van der Waals surface area contributed by atoms with Crippen molar-refractivity contribution in [3.05, 3.63) is 69.7 Å². The molecular formula is C21H25Cl2O4P. The Morgan fingerprint density at radius 1 is 0.929 bits per heavy atom. The minimum atomic E-state index is -1.08. The monoisotopic (exact) mass is 442 g/mol. The molecule has 0 fully saturated rings. The van der Waals surface area contributed by atoms with Crippen molar-refractivity contribution in [2.45, 2.75) is 38.5 Å². The molecule has 0 heterocycles. The van der Waals surface area contributed by atoms with Gasteiger partial charge < -0.3 is 9.30 Å². The van der Waals surface area contributed by atoms with Crippen LogP contribution < -0.4 is 0 Å². The third-order valence-electron chi connectivity index (χ3n) is 4.08. The summed E-state index contributed by atoms with van der Waals surface area (Å²) in [5.74, 6) is -2.11. The van der Waals surface area contributed by atoms with Gasteiger partial charge in [0, 0.05) is 0 Å². The number of carbonyl (C=O) groups excluding carboxylic acids is 2. The van der Waals surface area contributed by atoms with Gasteiger partial charge in [-0.2, -0.15) is 0 Å². The highest BCUT2D eigenvalue weighted by Gasteiger charge is 2.33. The Hall–Kier alpha value is -1.61. The van der Waals surface area contributed by atoms with Crippen LogP contribution in [0.15, 0.2) is 48.5 Å². The summed E-state index contributed by atoms with van der Waals surface area (Å²) in [6.45, 7) is 2.41. The molecule has 0 N–H and O–H groups in total. The molecule has 0 radical (unpaired) electrons. The lowest BCUT2D eigenvalue weighted by Crippen LogP contribution is -2.25. The Kier molecular flexibility index (Phi) is 11.8. The van der Waals surface area contributed by atoms with Gasteiger partial charge in [0.2, 0.25) is 0 Å². The van der Waals surface area contributed by atoms with E-state index in [0.717, 1.165) is 25.7 Å². The first-order valence-corrected chi connectivity index (χ1v) is 10.4. The molecule has 152 valence electrons. The molecule has 2 aromatic carbocycles. The van der Waals surface area contributed by atoms with Crippen molar-refractivity contribution in [2.24, 2.45) is 0 Å². The van der Waals surface area contributed by atoms with E-state index in [1.807, 2.05) is 6.07 Å². The molecule has 0 saturated heterocycles. The maximum atomic E-state index is 13.1. The number of ketones is 1. The highest BCUT2D eigenvalue weighted by atomic mass is 35.5. The van der Waals surface area contributed by atoms with Gasteiger partial charge in [0.05, 0.1) is 31.3 Å². The first-order chi connectivity index (χ1) is 13.6. The standard InChI is InChI=1S/C21H22Cl2O3.H3OP/c1-2-3-4-8-14-26-21(25)18(15-10-6-5-7-11-15)20(24)19-16(22)12-9-13-17(19)23;1-2/h5-7,9-13,18H,2-4,8,14H2,1H3;2H3. The zero-order valence-electron chi connectivity index (χ0n) is 15.8. The van der Waals surface area contributed by atoms with Crippen LogP contribution >= 0.6 is 32.3 Å². The topological polar surface area (TPSA) is 60.4 Å². The lowest BCUT2D eigenvalue weighted by Gasteiger charge is -2.17. The summed E-state index contributed by atoms with van der Waals surface area (Å²) in [5.41, 5.74) is 0.708. The molecule has 2 rings (SSSR count). The second kappa shape index (κ2) is 13.5. The van der Waals surface area contributed by atoms with Crippen LogP contribution in [0.4, 0.5) is 0 Å². The third-order valence-corrected chi connectivity index (χ3v) is 4.71. The van der Waals surface area contributed by atoms with Gasteiger partial charge in [-0.15, -0.1) is 0 Å². The molecule has 0 aliphatic carbocycles. The normalized spacial score (nSPS) is 11.2. The molecule has 7 heteroatoms. The Morgan fingerprint density at radius 3 is 2.11 bits per heavy atom. The molecule has 0 amide bonds. The van der Waals surface area contributed by atoms with Crippen molar-refractivity contribution >= 4 is 44.1 Å². The first-order valence-electron chi connectivity index (χ1n) is 9.05. The molecule has 0 aliphatic heterocycles. The molecule has 0 aromatic heterocycles. The van der Waals surface area contributed by atoms with Crippen molar-refractivity contribution in [1.29, 1.82) is 0 Å². The molecule has 28 heavy (non-hydrogen) atoms. The number of rotatable bonds is 9. The molecule has 0 bridgehead atoms. The number of unbranched alkanes of at least 4 members (excludes halogenated alkanes) is 3. The van der Waals surface area contributed by atoms with E-state index < -0.39 is 17.7 Å². The van der Waals surface area contributed by atoms with Gasteiger partial charge >= 0.3 is 5.97 Å². The van der Waals surface area contributed by atoms with Crippen LogP contribution in [-0.2, 0) is 14.1 Å². The SMILES string of the molecule is CCCCCCOC(=O)C(C(=O)c1c(Cl)cccc1Cl)c1ccccc1.O=[PH3]. The Labute approximate surface area is 177 Å². The Bertz CT molecular complexity index is 748. The van der Waals surface area contributed by atoms with Gasteiger partial charge in [0.15, 0.2) is 5.78 Å². The fourth-order valence-electron chi connectivity index (χ4n) is 2.70. The number of Topliss-reactive ketones (excluding diaryl/α,β-unsaturated/α-hetero) is 1. The van der Waals surface area contributed by atoms with Gasteiger partial charge in [0.1, 0.15) is 5.92 Å². The highest BCUT2D eigenvalue weighted by Crippen LogP contribution is 2.31. The molecule has 2 aromatic rings. The van der Waals surface area contributed by atoms with Crippen molar-refractivity contribution in [2.75, 3.05) is 6.61 Å². The van der Waals surface area contributed by atoms with Crippen molar-refractivity contribution in [3.63, 3.8) is 0 Å². The van der Waals surface area contributed by atoms with E-state index in [9.17, 15) is 9.59 Å². The molecule has 0 spiro atoms. The van der Waals surface area contributed by atoms with E-state index in [4.69, 9.17) is 32.5 Å². The molecule has 2 unspecified atom stereocenters. The molecule has 0 aliphatic rings. The van der Waals surface area contributed by atoms with Gasteiger partial charge in [-0.05, 0) is 24.1 Å². The minimum absolute atomic E-state index is 0.146. The number of esters is 1. The summed E-state index contributed by atoms with van der Waals surface area (Å²) in [5, 5.41) is 0.443. The van der Waals surface area contributed by atoms with E-state index in [1.54, 1.807) is 42.5 Å². The number of carbonyl (C=O) groups is 2. The maximum Gasteiger partial charge on any atom is 0.321 e. The van der Waals surface area contributed by atoms with Crippen LogP contribution in [0, 0.1) is 0 Å². The van der Waals surface area contributed by atoms with E-state index in [1.165, 1.54) is 0 Å². The second-order valence-electron chi connectivity index (χ2n) is 6.03. The number of hydrogen-bond donors (Lipinski definition) is 0. The van der Waals surface area contributed by atoms with Crippen LogP contribution in [0.2, 0.25) is 10.0 Å². The van der Waals surface area contributed by atoms with E-state index in [-0.39, 0.29) is 15.6 Å². The third kappa shape index (κ3) is 7.09. The number of halogens is 2. The van der Waals surface area contributed by atoms with Gasteiger partial charge in [-0.1, -0.05) is 85.8 Å². The second-order valence-corrected chi connectivity index (χ2v) is 6.85. The average molecular weight is 443 g/mol. The quantitative estimate of drug-likeness (QED) is 0.156. The minimum Gasteiger partial charge on any atom is -0.465 e. The molecule has 4 nitrogen and oxygen atoms in total. The summed E-state index contributed by atoms with van der Waals surface area (Å²) >= 11 is 12.3. The summed E-state index contributed by atoms with van der Waals surface area (Å²) in [7, 11) is 0.611. The fourth-order valence-corrected chi connectivity index (χ4v) is 3.29. The molecule has 0 saturated carbocycles. The van der Waals surface area contributed by atoms with Crippen LogP contribution in [0.1, 0.15) is 54.4 Å². The summed E-state index contributed by atoms with van der Waals surface area (Å²) in [6, 6.07) is 13.7. The predicted octanol–water partition coefficient (Wildman–Crippen LogP) is 6.02. The van der Waals surface area contributed by atoms with Crippen LogP contribution in [0.5, 0.6) is 0 Å². The van der Waals surface area contributed by atoms with Crippen molar-refractivity contribution in [3.8, 4) is 0 Å². The van der Waals surface area contributed by atoms with Crippen molar-refractivity contribution in [1.82, 2.24) is 0 Å². The predicted molar refractivity (Wildman–Crippen MR) is 117 cm³/mol. The van der Waals surface area contributed by atoms with Gasteiger partial charge in [0.25, 0.3) is 0 Å². The fraction of sp³-hybridized carbons (Fsp3) is 0.333. The summed E-state index contributed by atoms with van der Waals surface area (Å²) in [4.78, 5) is 25.8. The van der Waals surface area contributed by atoms with Gasteiger partial charge in [-0.3, -0.25) is 9.59 Å². The Balaban J connectivity index is 0.00000190. The Morgan fingerprint density at radius 2 is 1.54 bits per heavy atom. The smallest absolute Gasteiger partial charge is 0.321 e. The first kappa shape index (κ1) is 24.4. The lowest BCUT2D eigenvalue weighted by atomic mass is 9.90. The van der Waals surface area contributed by atoms with Crippen LogP contribution in [0.3, 0.4) is 0 Å². The van der Waals surface area contributed by atoms with Crippen LogP contribution in [-0.4, -0.2) is 18.4 Å². The van der Waals surface area contributed by atoms with Crippen molar-refractivity contribution < 1.29 is 18.9 Å². The molecule has 2 atom stereocenters. The number of ether oxygens (including phenoxy) is 1. The molecular weight excluding hydrogens is 418 g/mol. The summed E-state index contributed by atoms with van der Waals surface area (Å²) < 4.78 is 13.7. The van der Waals surface area contributed by atoms with Gasteiger partial charge in [-0.25, -0.2) is 0 Å². The zero-order valence-corrected chi connectivity index (χ0v) is 18.8. The van der Waals surface area contributed by atoms with E-state index >= 15 is 0 Å². The average Bonchev–Trinajstić information content (AvgIpc) is 2.70. The lowest BCUT2D eigenvalue weighted by molar-refractivity contribution is -0.144. The summed E-state index contributed by atoms with van der Waals surface area (Å²) in [6.07, 6.45) is 3.96. The largest absolute Gasteiger partial charge is 0.465 e. The zero-order chi connectivity index (χ0) is 20.9.